The summed E-state index contributed by atoms with van der Waals surface area (Å²) in [6, 6.07) is 7.65. The van der Waals surface area contributed by atoms with Crippen LogP contribution in [0.2, 0.25) is 0 Å². The number of rotatable bonds is 5. The van der Waals surface area contributed by atoms with Crippen LogP contribution in [0.3, 0.4) is 0 Å². The Hall–Kier alpha value is -2.89. The molecular weight excluding hydrogens is 342 g/mol. The van der Waals surface area contributed by atoms with Crippen molar-refractivity contribution in [3.05, 3.63) is 47.2 Å². The molecule has 0 aliphatic carbocycles. The van der Waals surface area contributed by atoms with Gasteiger partial charge in [0, 0.05) is 41.9 Å². The summed E-state index contributed by atoms with van der Waals surface area (Å²) in [7, 11) is 1.58. The quantitative estimate of drug-likeness (QED) is 0.841. The van der Waals surface area contributed by atoms with Gasteiger partial charge in [0.2, 0.25) is 17.7 Å². The van der Waals surface area contributed by atoms with Crippen molar-refractivity contribution in [2.24, 2.45) is 5.92 Å². The molecule has 1 aliphatic heterocycles. The number of methoxy groups -OCH3 is 1. The fourth-order valence-electron chi connectivity index (χ4n) is 3.50. The van der Waals surface area contributed by atoms with Gasteiger partial charge >= 0.3 is 0 Å². The molecule has 0 saturated heterocycles. The number of hydrogen-bond donors (Lipinski definition) is 2. The van der Waals surface area contributed by atoms with Crippen molar-refractivity contribution in [3.63, 3.8) is 0 Å². The Bertz CT molecular complexity index is 877. The number of pyridine rings is 1. The first kappa shape index (κ1) is 18.9. The lowest BCUT2D eigenvalue weighted by Crippen LogP contribution is -2.25. The highest BCUT2D eigenvalue weighted by atomic mass is 16.5. The largest absolute Gasteiger partial charge is 0.481 e. The second-order valence-electron chi connectivity index (χ2n) is 7.26. The molecule has 142 valence electrons. The van der Waals surface area contributed by atoms with E-state index in [1.807, 2.05) is 45.0 Å². The van der Waals surface area contributed by atoms with Crippen molar-refractivity contribution >= 4 is 23.2 Å². The van der Waals surface area contributed by atoms with Gasteiger partial charge in [-0.1, -0.05) is 26.0 Å². The van der Waals surface area contributed by atoms with Crippen molar-refractivity contribution in [2.45, 2.75) is 39.5 Å². The second kappa shape index (κ2) is 7.78. The number of ether oxygens (including phenoxy) is 1. The van der Waals surface area contributed by atoms with Crippen LogP contribution in [-0.4, -0.2) is 23.9 Å². The van der Waals surface area contributed by atoms with Crippen molar-refractivity contribution < 1.29 is 14.3 Å². The summed E-state index contributed by atoms with van der Waals surface area (Å²) in [5.41, 5.74) is 4.21. The third kappa shape index (κ3) is 3.94. The van der Waals surface area contributed by atoms with Crippen LogP contribution in [0, 0.1) is 12.8 Å². The lowest BCUT2D eigenvalue weighted by atomic mass is 9.83. The number of carbonyl (C=O) groups is 2. The van der Waals surface area contributed by atoms with E-state index in [0.717, 1.165) is 28.1 Å². The van der Waals surface area contributed by atoms with Crippen LogP contribution in [0.1, 0.15) is 49.3 Å². The summed E-state index contributed by atoms with van der Waals surface area (Å²) in [5, 5.41) is 5.92. The Balaban J connectivity index is 2.00. The molecule has 0 fully saturated rings. The third-order valence-electron chi connectivity index (χ3n) is 4.76. The van der Waals surface area contributed by atoms with Crippen LogP contribution < -0.4 is 15.4 Å². The van der Waals surface area contributed by atoms with Crippen LogP contribution in [0.5, 0.6) is 5.88 Å². The van der Waals surface area contributed by atoms with E-state index in [0.29, 0.717) is 18.7 Å². The maximum Gasteiger partial charge on any atom is 0.225 e. The summed E-state index contributed by atoms with van der Waals surface area (Å²) in [6.07, 6.45) is 2.46. The van der Waals surface area contributed by atoms with Crippen LogP contribution in [0.25, 0.3) is 0 Å². The molecule has 27 heavy (non-hydrogen) atoms. The van der Waals surface area contributed by atoms with Gasteiger partial charge in [0.1, 0.15) is 0 Å². The van der Waals surface area contributed by atoms with Crippen LogP contribution in [-0.2, 0) is 9.59 Å². The molecule has 1 atom stereocenters. The van der Waals surface area contributed by atoms with Gasteiger partial charge in [-0.15, -0.1) is 0 Å². The van der Waals surface area contributed by atoms with Gasteiger partial charge < -0.3 is 15.4 Å². The van der Waals surface area contributed by atoms with Gasteiger partial charge in [-0.25, -0.2) is 4.98 Å². The minimum Gasteiger partial charge on any atom is -0.481 e. The Morgan fingerprint density at radius 1 is 1.33 bits per heavy atom. The summed E-state index contributed by atoms with van der Waals surface area (Å²) in [5.74, 6) is 0.574. The zero-order valence-electron chi connectivity index (χ0n) is 16.1. The average molecular weight is 367 g/mol. The molecule has 2 heterocycles. The number of nitrogens with one attached hydrogen (secondary N) is 2. The number of carbonyl (C=O) groups excluding carboxylic acids is 2. The molecule has 1 aromatic carbocycles. The highest BCUT2D eigenvalue weighted by Gasteiger charge is 2.30. The molecule has 0 unspecified atom stereocenters. The Kier molecular flexibility index (Phi) is 5.44. The first-order chi connectivity index (χ1) is 12.9. The maximum absolute atomic E-state index is 12.4. The highest BCUT2D eigenvalue weighted by molar-refractivity contribution is 5.99. The topological polar surface area (TPSA) is 80.3 Å². The van der Waals surface area contributed by atoms with E-state index in [9.17, 15) is 9.59 Å². The fraction of sp³-hybridized carbons (Fsp3) is 0.381. The highest BCUT2D eigenvalue weighted by Crippen LogP contribution is 2.42. The van der Waals surface area contributed by atoms with Crippen LogP contribution in [0.4, 0.5) is 11.4 Å². The fourth-order valence-corrected chi connectivity index (χ4v) is 3.50. The Morgan fingerprint density at radius 3 is 2.81 bits per heavy atom. The van der Waals surface area contributed by atoms with Gasteiger partial charge in [0.05, 0.1) is 7.11 Å². The first-order valence-corrected chi connectivity index (χ1v) is 9.12. The number of amides is 2. The van der Waals surface area contributed by atoms with E-state index in [-0.39, 0.29) is 23.7 Å². The lowest BCUT2D eigenvalue weighted by molar-refractivity contribution is -0.117. The molecule has 0 bridgehead atoms. The van der Waals surface area contributed by atoms with Gasteiger partial charge in [0.25, 0.3) is 0 Å². The molecule has 1 aliphatic rings. The molecule has 2 aromatic rings. The number of nitrogens with zero attached hydrogens (tertiary/aromatic N) is 1. The molecule has 2 amide bonds. The van der Waals surface area contributed by atoms with Crippen molar-refractivity contribution in [1.29, 1.82) is 0 Å². The SMILES string of the molecule is COc1ncccc1[C@@H]1CC(=O)Nc2c1ccc(NC(=O)CC(C)C)c2C. The number of anilines is 2. The maximum atomic E-state index is 12.4. The number of benzene rings is 1. The van der Waals surface area contributed by atoms with E-state index >= 15 is 0 Å². The summed E-state index contributed by atoms with van der Waals surface area (Å²) in [6.45, 7) is 5.92. The van der Waals surface area contributed by atoms with E-state index in [1.54, 1.807) is 13.3 Å². The van der Waals surface area contributed by atoms with Gasteiger partial charge in [0.15, 0.2) is 0 Å². The minimum atomic E-state index is -0.142. The predicted molar refractivity (Wildman–Crippen MR) is 105 cm³/mol. The molecule has 0 spiro atoms. The van der Waals surface area contributed by atoms with Crippen LogP contribution in [0.15, 0.2) is 30.5 Å². The number of fused-ring (bicyclic) bond motifs is 1. The Labute approximate surface area is 159 Å². The zero-order chi connectivity index (χ0) is 19.6. The van der Waals surface area contributed by atoms with Gasteiger partial charge in [-0.3, -0.25) is 9.59 Å². The van der Waals surface area contributed by atoms with Crippen molar-refractivity contribution in [2.75, 3.05) is 17.7 Å². The summed E-state index contributed by atoms with van der Waals surface area (Å²) >= 11 is 0. The summed E-state index contributed by atoms with van der Waals surface area (Å²) in [4.78, 5) is 28.8. The second-order valence-corrected chi connectivity index (χ2v) is 7.26. The average Bonchev–Trinajstić information content (AvgIpc) is 2.63. The zero-order valence-corrected chi connectivity index (χ0v) is 16.1. The van der Waals surface area contributed by atoms with Crippen molar-refractivity contribution in [1.82, 2.24) is 4.98 Å². The molecule has 0 saturated carbocycles. The molecule has 0 radical (unpaired) electrons. The predicted octanol–water partition coefficient (Wildman–Crippen LogP) is 3.86. The van der Waals surface area contributed by atoms with E-state index in [4.69, 9.17) is 4.74 Å². The lowest BCUT2D eigenvalue weighted by Gasteiger charge is -2.29. The summed E-state index contributed by atoms with van der Waals surface area (Å²) < 4.78 is 5.39. The number of aromatic nitrogens is 1. The normalized spacial score (nSPS) is 15.9. The minimum absolute atomic E-state index is 0.0272. The first-order valence-electron chi connectivity index (χ1n) is 9.12. The number of hydrogen-bond acceptors (Lipinski definition) is 4. The standard InChI is InChI=1S/C21H25N3O3/c1-12(2)10-18(25)23-17-8-7-14-16(11-19(26)24-20(14)13(17)3)15-6-5-9-22-21(15)27-4/h5-9,12,16H,10-11H2,1-4H3,(H,23,25)(H,24,26)/t16-/m1/s1. The molecule has 2 N–H and O–H groups in total. The Morgan fingerprint density at radius 2 is 2.11 bits per heavy atom. The molecule has 3 rings (SSSR count). The van der Waals surface area contributed by atoms with E-state index in [2.05, 4.69) is 15.6 Å². The van der Waals surface area contributed by atoms with E-state index in [1.165, 1.54) is 0 Å². The van der Waals surface area contributed by atoms with Crippen LogP contribution >= 0.6 is 0 Å². The van der Waals surface area contributed by atoms with Crippen molar-refractivity contribution in [3.8, 4) is 5.88 Å². The third-order valence-corrected chi connectivity index (χ3v) is 4.76. The molecule has 1 aromatic heterocycles. The van der Waals surface area contributed by atoms with Gasteiger partial charge in [-0.05, 0) is 36.1 Å². The van der Waals surface area contributed by atoms with E-state index < -0.39 is 0 Å². The monoisotopic (exact) mass is 367 g/mol. The molecular formula is C21H25N3O3. The molecule has 6 heteroatoms. The van der Waals surface area contributed by atoms with Gasteiger partial charge in [-0.2, -0.15) is 0 Å². The smallest absolute Gasteiger partial charge is 0.225 e. The molecule has 6 nitrogen and oxygen atoms in total.